The molecular formula is C37H42FN7O4. The number of fused-ring (bicyclic) bond motifs is 3. The normalized spacial score (nSPS) is 19.8. The van der Waals surface area contributed by atoms with Gasteiger partial charge in [-0.05, 0) is 80.1 Å². The summed E-state index contributed by atoms with van der Waals surface area (Å²) >= 11 is 0. The third-order valence-electron chi connectivity index (χ3n) is 10.7. The van der Waals surface area contributed by atoms with Crippen LogP contribution in [0, 0.1) is 5.82 Å². The van der Waals surface area contributed by atoms with Crippen LogP contribution in [0.15, 0.2) is 53.6 Å². The molecule has 1 aliphatic carbocycles. The lowest BCUT2D eigenvalue weighted by atomic mass is 9.97. The highest BCUT2D eigenvalue weighted by molar-refractivity contribution is 6.07. The lowest BCUT2D eigenvalue weighted by Gasteiger charge is -2.46. The van der Waals surface area contributed by atoms with E-state index in [0.717, 1.165) is 64.2 Å². The van der Waals surface area contributed by atoms with E-state index in [-0.39, 0.29) is 17.2 Å². The Bertz CT molecular complexity index is 1970. The van der Waals surface area contributed by atoms with Crippen molar-refractivity contribution in [2.24, 2.45) is 7.05 Å². The maximum absolute atomic E-state index is 15.4. The van der Waals surface area contributed by atoms with Crippen molar-refractivity contribution in [3.05, 3.63) is 87.5 Å². The Balaban J connectivity index is 1.06. The molecule has 256 valence electrons. The molecule has 0 bridgehead atoms. The Hall–Kier alpha value is -4.52. The van der Waals surface area contributed by atoms with E-state index in [1.165, 1.54) is 28.0 Å². The lowest BCUT2D eigenvalue weighted by Crippen LogP contribution is -2.59. The first-order chi connectivity index (χ1) is 23.8. The highest BCUT2D eigenvalue weighted by atomic mass is 19.1. The number of hydrogen-bond acceptors (Lipinski definition) is 8. The predicted octanol–water partition coefficient (Wildman–Crippen LogP) is 4.07. The fourth-order valence-corrected chi connectivity index (χ4v) is 8.01. The molecule has 49 heavy (non-hydrogen) atoms. The second-order valence-electron chi connectivity index (χ2n) is 13.7. The Kier molecular flexibility index (Phi) is 8.25. The molecule has 1 amide bonds. The number of rotatable bonds is 7. The summed E-state index contributed by atoms with van der Waals surface area (Å²) in [5.41, 5.74) is 5.76. The van der Waals surface area contributed by atoms with Gasteiger partial charge < -0.3 is 34.1 Å². The minimum Gasteiger partial charge on any atom is -0.392 e. The highest BCUT2D eigenvalue weighted by Gasteiger charge is 2.33. The highest BCUT2D eigenvalue weighted by Crippen LogP contribution is 2.37. The van der Waals surface area contributed by atoms with Crippen LogP contribution in [-0.4, -0.2) is 81.5 Å². The van der Waals surface area contributed by atoms with Gasteiger partial charge in [0, 0.05) is 68.8 Å². The van der Waals surface area contributed by atoms with Gasteiger partial charge in [0.25, 0.3) is 11.5 Å². The van der Waals surface area contributed by atoms with Crippen LogP contribution in [0.3, 0.4) is 0 Å². The number of anilines is 4. The number of aliphatic hydroxyl groups is 1. The van der Waals surface area contributed by atoms with Crippen molar-refractivity contribution in [1.29, 1.82) is 0 Å². The minimum atomic E-state index is -0.535. The summed E-state index contributed by atoms with van der Waals surface area (Å²) in [6.45, 7) is 7.24. The largest absolute Gasteiger partial charge is 0.392 e. The summed E-state index contributed by atoms with van der Waals surface area (Å²) in [6, 6.07) is 11.0. The molecule has 2 fully saturated rings. The molecule has 12 heteroatoms. The number of hydrogen-bond donors (Lipinski definition) is 2. The molecule has 1 atom stereocenters. The van der Waals surface area contributed by atoms with Gasteiger partial charge in [0.2, 0.25) is 0 Å². The SMILES string of the molecule is CC1CN(C2COC2)CCN1c1ccc(Nc2cc(-c3cc(F)cc(N4CCn5c(cc6c5CCCC6)C4=O)c3CO)cn(C)c2=O)nc1. The summed E-state index contributed by atoms with van der Waals surface area (Å²) in [5, 5.41) is 13.8. The van der Waals surface area contributed by atoms with E-state index >= 15 is 4.39 Å². The molecule has 0 saturated carbocycles. The van der Waals surface area contributed by atoms with E-state index in [4.69, 9.17) is 4.74 Å². The fraction of sp³-hybridized carbons (Fsp3) is 0.432. The number of carbonyl (C=O) groups is 1. The number of piperazine rings is 1. The maximum atomic E-state index is 15.4. The van der Waals surface area contributed by atoms with Crippen LogP contribution >= 0.6 is 0 Å². The van der Waals surface area contributed by atoms with Gasteiger partial charge in [0.1, 0.15) is 23.0 Å². The summed E-state index contributed by atoms with van der Waals surface area (Å²) in [7, 11) is 1.63. The second kappa shape index (κ2) is 12.7. The number of pyridine rings is 2. The number of aryl methyl sites for hydroxylation is 2. The van der Waals surface area contributed by atoms with E-state index in [1.807, 2.05) is 24.4 Å². The van der Waals surface area contributed by atoms with Crippen LogP contribution in [0.2, 0.25) is 0 Å². The van der Waals surface area contributed by atoms with E-state index < -0.39 is 12.4 Å². The van der Waals surface area contributed by atoms with E-state index in [1.54, 1.807) is 24.2 Å². The number of aromatic nitrogens is 3. The van der Waals surface area contributed by atoms with Crippen molar-refractivity contribution in [3.63, 3.8) is 0 Å². The standard InChI is InChI=1S/C37H42FN7O4/c1-23-18-42(28-21-49-22-28)9-10-43(23)27-7-8-35(39-17-27)40-31-13-25(19-41(2)36(31)47)29-15-26(38)16-33(30(29)20-46)45-12-11-44-32-6-4-3-5-24(32)14-34(44)37(45)48/h7-8,13-17,19,23,28,46H,3-6,9-12,18,20-22H2,1-2H3,(H,39,40). The smallest absolute Gasteiger partial charge is 0.274 e. The molecule has 3 aliphatic heterocycles. The summed E-state index contributed by atoms with van der Waals surface area (Å²) < 4.78 is 24.3. The number of halogens is 1. The van der Waals surface area contributed by atoms with Crippen molar-refractivity contribution in [2.45, 2.75) is 57.8 Å². The van der Waals surface area contributed by atoms with E-state index in [9.17, 15) is 14.7 Å². The topological polar surface area (TPSA) is 108 Å². The molecule has 4 aliphatic rings. The minimum absolute atomic E-state index is 0.200. The predicted molar refractivity (Wildman–Crippen MR) is 186 cm³/mol. The third kappa shape index (κ3) is 5.71. The van der Waals surface area contributed by atoms with Crippen LogP contribution < -0.4 is 20.7 Å². The van der Waals surface area contributed by atoms with Gasteiger partial charge in [-0.15, -0.1) is 0 Å². The first-order valence-electron chi connectivity index (χ1n) is 17.3. The number of nitrogens with zero attached hydrogens (tertiary/aromatic N) is 6. The molecule has 2 saturated heterocycles. The molecular weight excluding hydrogens is 625 g/mol. The Morgan fingerprint density at radius 1 is 1.04 bits per heavy atom. The van der Waals surface area contributed by atoms with Crippen molar-refractivity contribution in [1.82, 2.24) is 19.0 Å². The molecule has 1 unspecified atom stereocenters. The van der Waals surface area contributed by atoms with Crippen LogP contribution in [0.25, 0.3) is 11.1 Å². The third-order valence-corrected chi connectivity index (χ3v) is 10.7. The number of ether oxygens (including phenoxy) is 1. The zero-order valence-electron chi connectivity index (χ0n) is 28.0. The molecule has 3 aromatic heterocycles. The van der Waals surface area contributed by atoms with Gasteiger partial charge in [-0.3, -0.25) is 14.5 Å². The second-order valence-corrected chi connectivity index (χ2v) is 13.7. The number of amides is 1. The zero-order valence-corrected chi connectivity index (χ0v) is 28.0. The van der Waals surface area contributed by atoms with Crippen molar-refractivity contribution >= 4 is 28.8 Å². The van der Waals surface area contributed by atoms with Gasteiger partial charge in [0.15, 0.2) is 0 Å². The first kappa shape index (κ1) is 31.7. The van der Waals surface area contributed by atoms with Crippen LogP contribution in [0.5, 0.6) is 0 Å². The Morgan fingerprint density at radius 3 is 2.61 bits per heavy atom. The lowest BCUT2D eigenvalue weighted by molar-refractivity contribution is -0.0691. The van der Waals surface area contributed by atoms with Crippen molar-refractivity contribution in [2.75, 3.05) is 54.5 Å². The molecule has 6 heterocycles. The number of carbonyl (C=O) groups excluding carboxylic acids is 1. The fourth-order valence-electron chi connectivity index (χ4n) is 8.01. The number of nitrogens with one attached hydrogen (secondary N) is 1. The average molecular weight is 668 g/mol. The first-order valence-corrected chi connectivity index (χ1v) is 17.3. The molecule has 0 radical (unpaired) electrons. The van der Waals surface area contributed by atoms with Crippen molar-refractivity contribution in [3.8, 4) is 11.1 Å². The Morgan fingerprint density at radius 2 is 1.88 bits per heavy atom. The van der Waals surface area contributed by atoms with E-state index in [2.05, 4.69) is 31.6 Å². The van der Waals surface area contributed by atoms with Gasteiger partial charge in [-0.1, -0.05) is 0 Å². The van der Waals surface area contributed by atoms with Gasteiger partial charge >= 0.3 is 0 Å². The summed E-state index contributed by atoms with van der Waals surface area (Å²) in [4.78, 5) is 38.2. The molecule has 0 spiro atoms. The molecule has 11 nitrogen and oxygen atoms in total. The summed E-state index contributed by atoms with van der Waals surface area (Å²) in [6.07, 6.45) is 7.59. The molecule has 8 rings (SSSR count). The summed E-state index contributed by atoms with van der Waals surface area (Å²) in [5.74, 6) is -0.233. The van der Waals surface area contributed by atoms with E-state index in [0.29, 0.717) is 59.1 Å². The van der Waals surface area contributed by atoms with Gasteiger partial charge in [-0.2, -0.15) is 0 Å². The van der Waals surface area contributed by atoms with Gasteiger partial charge in [0.05, 0.1) is 43.4 Å². The van der Waals surface area contributed by atoms with Gasteiger partial charge in [-0.25, -0.2) is 9.37 Å². The quantitative estimate of drug-likeness (QED) is 0.304. The molecule has 4 aromatic rings. The van der Waals surface area contributed by atoms with Crippen LogP contribution in [0.4, 0.5) is 27.3 Å². The monoisotopic (exact) mass is 667 g/mol. The van der Waals surface area contributed by atoms with Crippen LogP contribution in [-0.2, 0) is 37.8 Å². The van der Waals surface area contributed by atoms with Crippen LogP contribution in [0.1, 0.15) is 47.1 Å². The molecule has 2 N–H and O–H groups in total. The number of benzene rings is 1. The Labute approximate surface area is 284 Å². The average Bonchev–Trinajstić information content (AvgIpc) is 3.46. The maximum Gasteiger partial charge on any atom is 0.274 e. The zero-order chi connectivity index (χ0) is 33.8. The molecule has 1 aromatic carbocycles. The number of aliphatic hydroxyl groups excluding tert-OH is 1. The van der Waals surface area contributed by atoms with Crippen molar-refractivity contribution < 1.29 is 19.0 Å².